The molecule has 3 aliphatic carbocycles. The lowest BCUT2D eigenvalue weighted by atomic mass is 9.50. The van der Waals surface area contributed by atoms with Gasteiger partial charge >= 0.3 is 17.7 Å². The molecular formula is C20H19F2N7O4. The van der Waals surface area contributed by atoms with Gasteiger partial charge < -0.3 is 19.9 Å². The minimum absolute atomic E-state index is 0.0585. The number of H-pyrrole nitrogens is 2. The fourth-order valence-corrected chi connectivity index (χ4v) is 4.93. The predicted molar refractivity (Wildman–Crippen MR) is 110 cm³/mol. The lowest BCUT2D eigenvalue weighted by molar-refractivity contribution is -0.0896. The number of aromatic amines is 2. The lowest BCUT2D eigenvalue weighted by Gasteiger charge is -2.61. The van der Waals surface area contributed by atoms with E-state index < -0.39 is 35.9 Å². The molecule has 3 N–H and O–H groups in total. The van der Waals surface area contributed by atoms with Crippen LogP contribution in [0.3, 0.4) is 0 Å². The third-order valence-electron chi connectivity index (χ3n) is 6.69. The Kier molecular flexibility index (Phi) is 3.99. The Morgan fingerprint density at radius 3 is 2.76 bits per heavy atom. The summed E-state index contributed by atoms with van der Waals surface area (Å²) in [7, 11) is 0. The number of aromatic nitrogens is 5. The number of imidazole rings is 1. The number of alkyl halides is 2. The lowest BCUT2D eigenvalue weighted by Crippen LogP contribution is -2.68. The highest BCUT2D eigenvalue weighted by molar-refractivity contribution is 5.75. The van der Waals surface area contributed by atoms with E-state index in [-0.39, 0.29) is 23.3 Å². The Bertz CT molecular complexity index is 1380. The summed E-state index contributed by atoms with van der Waals surface area (Å²) in [5.41, 5.74) is -0.819. The molecule has 0 spiro atoms. The van der Waals surface area contributed by atoms with Gasteiger partial charge in [-0.25, -0.2) is 27.9 Å². The molecule has 1 saturated heterocycles. The van der Waals surface area contributed by atoms with Crippen molar-refractivity contribution in [2.45, 2.75) is 36.8 Å². The summed E-state index contributed by atoms with van der Waals surface area (Å²) < 4.78 is 36.1. The molecule has 3 aromatic rings. The van der Waals surface area contributed by atoms with Crippen molar-refractivity contribution in [2.75, 3.05) is 18.0 Å². The minimum atomic E-state index is -3.29. The normalized spacial score (nSPS) is 27.2. The number of hydrogen-bond acceptors (Lipinski definition) is 7. The zero-order chi connectivity index (χ0) is 23.0. The Morgan fingerprint density at radius 1 is 1.27 bits per heavy atom. The van der Waals surface area contributed by atoms with Gasteiger partial charge in [-0.2, -0.15) is 5.10 Å². The molecule has 11 nitrogen and oxygen atoms in total. The van der Waals surface area contributed by atoms with Crippen LogP contribution < -0.4 is 21.5 Å². The Balaban J connectivity index is 1.30. The second-order valence-corrected chi connectivity index (χ2v) is 9.02. The van der Waals surface area contributed by atoms with Crippen LogP contribution in [-0.2, 0) is 4.74 Å². The van der Waals surface area contributed by atoms with Crippen molar-refractivity contribution < 1.29 is 18.3 Å². The van der Waals surface area contributed by atoms with Crippen molar-refractivity contribution in [3.05, 3.63) is 45.5 Å². The highest BCUT2D eigenvalue weighted by Crippen LogP contribution is 2.57. The summed E-state index contributed by atoms with van der Waals surface area (Å²) in [6.07, 6.45) is 4.31. The summed E-state index contributed by atoms with van der Waals surface area (Å²) in [6.45, 7) is -0.962. The number of carbonyl (C=O) groups is 1. The van der Waals surface area contributed by atoms with Crippen LogP contribution in [0, 0.1) is 5.92 Å². The largest absolute Gasteiger partial charge is 0.438 e. The molecular weight excluding hydrogens is 440 g/mol. The monoisotopic (exact) mass is 459 g/mol. The van der Waals surface area contributed by atoms with Crippen LogP contribution in [0.25, 0.3) is 16.9 Å². The second-order valence-electron chi connectivity index (χ2n) is 9.02. The molecule has 3 saturated carbocycles. The number of fused-ring (bicyclic) bond motifs is 1. The molecule has 3 aromatic heterocycles. The van der Waals surface area contributed by atoms with Crippen molar-refractivity contribution in [2.24, 2.45) is 5.92 Å². The number of halogens is 2. The third-order valence-corrected chi connectivity index (χ3v) is 6.69. The van der Waals surface area contributed by atoms with E-state index in [1.165, 1.54) is 34.1 Å². The fraction of sp³-hybridized carbons (Fsp3) is 0.450. The molecule has 4 heterocycles. The zero-order valence-corrected chi connectivity index (χ0v) is 17.2. The van der Waals surface area contributed by atoms with Gasteiger partial charge in [0, 0.05) is 24.1 Å². The first-order valence-electron chi connectivity index (χ1n) is 10.5. The Labute approximate surface area is 183 Å². The van der Waals surface area contributed by atoms with Crippen molar-refractivity contribution in [3.63, 3.8) is 0 Å². The number of carbonyl (C=O) groups excluding carboxylic acids is 1. The van der Waals surface area contributed by atoms with E-state index in [1.807, 2.05) is 0 Å². The summed E-state index contributed by atoms with van der Waals surface area (Å²) in [5, 5.41) is 7.03. The van der Waals surface area contributed by atoms with Crippen LogP contribution in [0.2, 0.25) is 0 Å². The molecule has 1 aliphatic heterocycles. The SMILES string of the molecule is O=C(NC12CC(C1)C2)O[C@H]1CN(c2cc(-c3c[nH]c(=O)[nH]c3=O)nn3ccnc23)CC1(F)F. The van der Waals surface area contributed by atoms with Crippen LogP contribution in [0.4, 0.5) is 19.3 Å². The van der Waals surface area contributed by atoms with E-state index in [1.54, 1.807) is 0 Å². The molecule has 4 fully saturated rings. The average Bonchev–Trinajstić information content (AvgIpc) is 3.27. The first kappa shape index (κ1) is 19.9. The van der Waals surface area contributed by atoms with Crippen molar-refractivity contribution in [1.29, 1.82) is 0 Å². The molecule has 13 heteroatoms. The highest BCUT2D eigenvalue weighted by atomic mass is 19.3. The smallest absolute Gasteiger partial charge is 0.408 e. The van der Waals surface area contributed by atoms with Crippen LogP contribution >= 0.6 is 0 Å². The molecule has 7 rings (SSSR count). The fourth-order valence-electron chi connectivity index (χ4n) is 4.93. The Morgan fingerprint density at radius 2 is 2.06 bits per heavy atom. The van der Waals surface area contributed by atoms with E-state index >= 15 is 0 Å². The zero-order valence-electron chi connectivity index (χ0n) is 17.2. The van der Waals surface area contributed by atoms with Gasteiger partial charge in [0.25, 0.3) is 5.56 Å². The number of alkyl carbamates (subject to hydrolysis) is 1. The molecule has 33 heavy (non-hydrogen) atoms. The maximum Gasteiger partial charge on any atom is 0.408 e. The van der Waals surface area contributed by atoms with Crippen LogP contribution in [0.5, 0.6) is 0 Å². The quantitative estimate of drug-likeness (QED) is 0.527. The van der Waals surface area contributed by atoms with Gasteiger partial charge in [-0.3, -0.25) is 9.78 Å². The Hall–Kier alpha value is -3.77. The first-order valence-corrected chi connectivity index (χ1v) is 10.5. The summed E-state index contributed by atoms with van der Waals surface area (Å²) in [5.74, 6) is -2.67. The van der Waals surface area contributed by atoms with Gasteiger partial charge in [0.15, 0.2) is 11.8 Å². The standard InChI is InChI=1S/C20H19F2N7O4/c21-20(22)9-28(8-14(20)33-18(32)26-19-4-10(5-19)6-19)13-3-12(27-29-2-1-23-15(13)29)11-7-24-17(31)25-16(11)30/h1-3,7,10,14H,4-6,8-9H2,(H,26,32)(H2,24,25,30,31)/t10?,14-,19?/m0/s1. The van der Waals surface area contributed by atoms with E-state index in [0.717, 1.165) is 19.3 Å². The summed E-state index contributed by atoms with van der Waals surface area (Å²) in [6, 6.07) is 1.45. The highest BCUT2D eigenvalue weighted by Gasteiger charge is 2.58. The van der Waals surface area contributed by atoms with Crippen molar-refractivity contribution >= 4 is 17.4 Å². The number of nitrogens with zero attached hydrogens (tertiary/aromatic N) is 4. The molecule has 1 amide bonds. The van der Waals surface area contributed by atoms with Crippen molar-refractivity contribution in [1.82, 2.24) is 29.9 Å². The van der Waals surface area contributed by atoms with Crippen LogP contribution in [0.15, 0.2) is 34.2 Å². The van der Waals surface area contributed by atoms with Gasteiger partial charge in [0.1, 0.15) is 5.69 Å². The van der Waals surface area contributed by atoms with E-state index in [2.05, 4.69) is 25.4 Å². The van der Waals surface area contributed by atoms with Crippen LogP contribution in [0.1, 0.15) is 19.3 Å². The molecule has 0 unspecified atom stereocenters. The van der Waals surface area contributed by atoms with Crippen LogP contribution in [-0.4, -0.2) is 61.3 Å². The number of ether oxygens (including phenoxy) is 1. The van der Waals surface area contributed by atoms with E-state index in [4.69, 9.17) is 4.74 Å². The maximum absolute atomic E-state index is 14.8. The average molecular weight is 459 g/mol. The molecule has 1 atom stereocenters. The maximum atomic E-state index is 14.8. The number of rotatable bonds is 4. The number of amides is 1. The second kappa shape index (κ2) is 6.62. The molecule has 4 aliphatic rings. The van der Waals surface area contributed by atoms with Gasteiger partial charge in [0.05, 0.1) is 24.3 Å². The van der Waals surface area contributed by atoms with Gasteiger partial charge in [0.2, 0.25) is 0 Å². The summed E-state index contributed by atoms with van der Waals surface area (Å²) in [4.78, 5) is 45.9. The van der Waals surface area contributed by atoms with Gasteiger partial charge in [-0.15, -0.1) is 0 Å². The number of hydrogen-bond donors (Lipinski definition) is 3. The van der Waals surface area contributed by atoms with Crippen molar-refractivity contribution in [3.8, 4) is 11.3 Å². The molecule has 0 radical (unpaired) electrons. The number of anilines is 1. The van der Waals surface area contributed by atoms with Gasteiger partial charge in [-0.05, 0) is 31.2 Å². The van der Waals surface area contributed by atoms with E-state index in [9.17, 15) is 23.2 Å². The molecule has 0 aromatic carbocycles. The summed E-state index contributed by atoms with van der Waals surface area (Å²) >= 11 is 0. The molecule has 2 bridgehead atoms. The molecule has 172 valence electrons. The topological polar surface area (TPSA) is 137 Å². The first-order chi connectivity index (χ1) is 15.7. The predicted octanol–water partition coefficient (Wildman–Crippen LogP) is 0.876. The minimum Gasteiger partial charge on any atom is -0.438 e. The third kappa shape index (κ3) is 3.17. The number of nitrogens with one attached hydrogen (secondary N) is 3. The van der Waals surface area contributed by atoms with E-state index in [0.29, 0.717) is 17.3 Å². The van der Waals surface area contributed by atoms with Gasteiger partial charge in [-0.1, -0.05) is 0 Å².